The van der Waals surface area contributed by atoms with Gasteiger partial charge in [0, 0.05) is 65.7 Å². The SMILES string of the molecule is CC(C)(C)c1ccc2c(c1)c1cc(C(C)(C)C)ccc1c1nc3c(nc21)-c1nc-3nc2[n-]c(nc3nc(nc4[n-]c(n1)c1nc5c6ccc(C(C)(C)C)cc6c6cc(C(C)(C)C)ccc6c5nc41)-c1nc4c5ccc(C(C)(C)C)cc5c5cc(C(C)(C)C)ccc5c4nc1-3)c1nc3c4ccc(C(C)(C)C)cc4c4cc(C(C)(C)C)ccc4c3nc21.[Cu+2]. The van der Waals surface area contributed by atoms with Crippen molar-refractivity contribution in [3.05, 3.63) is 190 Å². The first-order valence-electron chi connectivity index (χ1n) is 42.1. The molecule has 0 saturated carbocycles. The zero-order chi connectivity index (χ0) is 84.0. The zero-order valence-corrected chi connectivity index (χ0v) is 74.3. The summed E-state index contributed by atoms with van der Waals surface area (Å²) in [5, 5.41) is 16.0. The van der Waals surface area contributed by atoms with Crippen LogP contribution in [0.25, 0.3) is 221 Å². The Morgan fingerprint density at radius 3 is 0.438 bits per heavy atom. The Balaban J connectivity index is 0.00000933. The molecule has 9 heterocycles. The summed E-state index contributed by atoms with van der Waals surface area (Å²) in [5.74, 6) is 0.806. The van der Waals surface area contributed by atoms with Crippen LogP contribution in [-0.4, -0.2) is 69.8 Å². The van der Waals surface area contributed by atoms with Crippen molar-refractivity contribution in [2.45, 2.75) is 209 Å². The number of hydrogen-bond donors (Lipinski definition) is 0. The average Bonchev–Trinajstić information content (AvgIpc) is 1.63. The average molecular weight is 1630 g/mol. The molecule has 0 saturated heterocycles. The molecule has 17 heteroatoms. The third-order valence-electron chi connectivity index (χ3n) is 25.3. The van der Waals surface area contributed by atoms with E-state index in [0.717, 1.165) is 86.2 Å². The summed E-state index contributed by atoms with van der Waals surface area (Å²) < 4.78 is 0. The molecule has 121 heavy (non-hydrogen) atoms. The van der Waals surface area contributed by atoms with Gasteiger partial charge in [0.25, 0.3) is 0 Å². The van der Waals surface area contributed by atoms with Crippen LogP contribution >= 0.6 is 0 Å². The smallest absolute Gasteiger partial charge is 0.354 e. The van der Waals surface area contributed by atoms with Gasteiger partial charge in [0.05, 0.1) is 44.1 Å². The van der Waals surface area contributed by atoms with Gasteiger partial charge >= 0.3 is 17.1 Å². The molecule has 0 amide bonds. The largest absolute Gasteiger partial charge is 2.00 e. The molecular weight excluding hydrogens is 1540 g/mol. The van der Waals surface area contributed by atoms with Gasteiger partial charge in [-0.3, -0.25) is 0 Å². The maximum absolute atomic E-state index is 5.80. The van der Waals surface area contributed by atoms with E-state index < -0.39 is 0 Å². The Morgan fingerprint density at radius 2 is 0.298 bits per heavy atom. The van der Waals surface area contributed by atoms with E-state index in [1.807, 2.05) is 0 Å². The third kappa shape index (κ3) is 12.1. The molecule has 21 rings (SSSR count). The van der Waals surface area contributed by atoms with Gasteiger partial charge in [0.2, 0.25) is 0 Å². The molecule has 0 atom stereocenters. The van der Waals surface area contributed by atoms with Crippen molar-refractivity contribution in [3.8, 4) is 46.1 Å². The number of fused-ring (bicyclic) bond motifs is 44. The summed E-state index contributed by atoms with van der Waals surface area (Å²) in [6.45, 7) is 54.2. The predicted octanol–water partition coefficient (Wildman–Crippen LogP) is 25.5. The minimum absolute atomic E-state index is 0. The predicted molar refractivity (Wildman–Crippen MR) is 496 cm³/mol. The van der Waals surface area contributed by atoms with Crippen molar-refractivity contribution in [2.75, 3.05) is 0 Å². The van der Waals surface area contributed by atoms with Gasteiger partial charge in [-0.15, -0.1) is 0 Å². The monoisotopic (exact) mass is 1630 g/mol. The van der Waals surface area contributed by atoms with Crippen LogP contribution in [-0.2, 0) is 60.4 Å². The van der Waals surface area contributed by atoms with Gasteiger partial charge in [-0.1, -0.05) is 263 Å². The van der Waals surface area contributed by atoms with E-state index in [4.69, 9.17) is 79.7 Å². The first kappa shape index (κ1) is 77.6. The second-order valence-electron chi connectivity index (χ2n) is 42.0. The number of benzene rings is 12. The Morgan fingerprint density at radius 1 is 0.157 bits per heavy atom. The zero-order valence-electron chi connectivity index (χ0n) is 73.3. The van der Waals surface area contributed by atoms with E-state index in [-0.39, 0.29) is 106 Å². The summed E-state index contributed by atoms with van der Waals surface area (Å²) in [5.41, 5.74) is 17.7. The van der Waals surface area contributed by atoms with Gasteiger partial charge in [-0.05, 0) is 179 Å². The van der Waals surface area contributed by atoms with Crippen molar-refractivity contribution in [1.29, 1.82) is 0 Å². The summed E-state index contributed by atoms with van der Waals surface area (Å²) in [6.07, 6.45) is 0. The van der Waals surface area contributed by atoms with E-state index in [9.17, 15) is 0 Å². The number of rotatable bonds is 0. The van der Waals surface area contributed by atoms with E-state index in [0.29, 0.717) is 89.0 Å². The summed E-state index contributed by atoms with van der Waals surface area (Å²) >= 11 is 0. The first-order chi connectivity index (χ1) is 56.4. The summed E-state index contributed by atoms with van der Waals surface area (Å²) in [7, 11) is 0. The summed E-state index contributed by atoms with van der Waals surface area (Å²) in [4.78, 5) is 91.2. The molecule has 12 aromatic carbocycles. The molecule has 603 valence electrons. The molecule has 2 aliphatic heterocycles. The van der Waals surface area contributed by atoms with Crippen molar-refractivity contribution < 1.29 is 17.1 Å². The minimum atomic E-state index is -0.160. The maximum atomic E-state index is 5.80. The van der Waals surface area contributed by atoms with Crippen molar-refractivity contribution in [1.82, 2.24) is 79.7 Å². The van der Waals surface area contributed by atoms with Crippen LogP contribution in [0.2, 0.25) is 0 Å². The van der Waals surface area contributed by atoms with Crippen LogP contribution in [0.4, 0.5) is 0 Å². The van der Waals surface area contributed by atoms with Gasteiger partial charge in [-0.25, -0.2) is 49.8 Å². The van der Waals surface area contributed by atoms with Crippen molar-refractivity contribution in [2.24, 2.45) is 0 Å². The van der Waals surface area contributed by atoms with Gasteiger partial charge in [0.15, 0.2) is 0 Å². The molecule has 0 N–H and O–H groups in total. The Hall–Kier alpha value is -12.0. The maximum Gasteiger partial charge on any atom is 2.00 e. The molecular formula is C104H96CuN16. The van der Waals surface area contributed by atoms with Gasteiger partial charge in [-0.2, -0.15) is 0 Å². The molecule has 0 spiro atoms. The molecule has 0 aliphatic carbocycles. The van der Waals surface area contributed by atoms with E-state index in [2.05, 4.69) is 312 Å². The molecule has 2 aliphatic rings. The van der Waals surface area contributed by atoms with Gasteiger partial charge < -0.3 is 29.9 Å². The van der Waals surface area contributed by atoms with Crippen molar-refractivity contribution >= 4 is 175 Å². The normalized spacial score (nSPS) is 13.6. The Bertz CT molecular complexity index is 7180. The fourth-order valence-electron chi connectivity index (χ4n) is 17.9. The van der Waals surface area contributed by atoms with Crippen LogP contribution in [0, 0.1) is 0 Å². The third-order valence-corrected chi connectivity index (χ3v) is 25.3. The number of hydrogen-bond acceptors (Lipinski definition) is 14. The Kier molecular flexibility index (Phi) is 16.4. The molecule has 19 aromatic rings. The second-order valence-corrected chi connectivity index (χ2v) is 42.0. The molecule has 0 unspecified atom stereocenters. The number of aromatic nitrogens is 16. The van der Waals surface area contributed by atoms with Crippen molar-refractivity contribution in [3.63, 3.8) is 0 Å². The van der Waals surface area contributed by atoms with Crippen LogP contribution in [0.15, 0.2) is 146 Å². The number of nitrogens with zero attached hydrogens (tertiary/aromatic N) is 16. The first-order valence-corrected chi connectivity index (χ1v) is 42.1. The van der Waals surface area contributed by atoms with Crippen LogP contribution < -0.4 is 9.97 Å². The molecule has 8 bridgehead atoms. The Labute approximate surface area is 712 Å². The van der Waals surface area contributed by atoms with E-state index in [1.165, 1.54) is 44.5 Å². The molecule has 7 aromatic heterocycles. The van der Waals surface area contributed by atoms with Crippen LogP contribution in [0.3, 0.4) is 0 Å². The minimum Gasteiger partial charge on any atom is -0.354 e. The quantitative estimate of drug-likeness (QED) is 0.102. The molecule has 1 radical (unpaired) electrons. The standard InChI is InChI=1S/C104H96N16.Cu/c1-97(2,3)49-25-33-57-65(41-49)66-42-50(98(4,5)6)26-34-58(66)74-73(57)105-81-82(106-74)90-113-89(81)117-91-83-84(108-76-60-36-28-52(100(10,11)12)44-68(60)67-43-51(99(7,8)9)27-35-59(67)75(76)107-83)93(114-91)119-95-87-88(112-80-64-40-32-56(104(22,23)24)48-72(64)71-47-55(103(19,20)21)31-39-63(71)79(80)111-87)96(116-95)120-94-86-85(92(115-94)118-90)109-77-61-37-29-53(101(13,14)15)45-69(61)70-46-54(102(16,17)18)30-38-62(70)78(77)110-86;/h25-48H,1-24H3;/q-2;+2. The fourth-order valence-corrected chi connectivity index (χ4v) is 17.9. The van der Waals surface area contributed by atoms with E-state index >= 15 is 0 Å². The van der Waals surface area contributed by atoms with E-state index in [1.54, 1.807) is 0 Å². The fraction of sp³-hybridized carbons (Fsp3) is 0.308. The summed E-state index contributed by atoms with van der Waals surface area (Å²) in [6, 6.07) is 54.1. The molecule has 0 fully saturated rings. The second kappa shape index (κ2) is 25.5. The van der Waals surface area contributed by atoms with Gasteiger partial charge in [0.1, 0.15) is 68.1 Å². The molecule has 16 nitrogen and oxygen atoms in total. The van der Waals surface area contributed by atoms with Crippen LogP contribution in [0.5, 0.6) is 0 Å². The van der Waals surface area contributed by atoms with Crippen LogP contribution in [0.1, 0.15) is 211 Å². The topological polar surface area (TPSA) is 209 Å².